The molecule has 0 aromatic heterocycles. The molecule has 1 aliphatic heterocycles. The standard InChI is InChI=1S/C26H22N2O6S/c1-17-3-5-19(6-4-17)16-34-22-12-9-20(13-23(22)33-2)14-24-25(29)27(26(30)35-24)15-18-7-10-21(11-8-18)28(31)32/h3-14H,15-16H2,1-2H3/b24-14+. The lowest BCUT2D eigenvalue weighted by molar-refractivity contribution is -0.384. The van der Waals surface area contributed by atoms with Gasteiger partial charge in [-0.2, -0.15) is 0 Å². The van der Waals surface area contributed by atoms with Crippen molar-refractivity contribution in [1.29, 1.82) is 0 Å². The fourth-order valence-corrected chi connectivity index (χ4v) is 4.27. The fourth-order valence-electron chi connectivity index (χ4n) is 3.43. The number of amides is 2. The van der Waals surface area contributed by atoms with Gasteiger partial charge in [-0.25, -0.2) is 0 Å². The Hall–Kier alpha value is -4.11. The maximum absolute atomic E-state index is 12.9. The van der Waals surface area contributed by atoms with E-state index in [2.05, 4.69) is 0 Å². The van der Waals surface area contributed by atoms with E-state index >= 15 is 0 Å². The van der Waals surface area contributed by atoms with Gasteiger partial charge in [-0.15, -0.1) is 0 Å². The van der Waals surface area contributed by atoms with Crippen LogP contribution in [-0.2, 0) is 17.9 Å². The van der Waals surface area contributed by atoms with Crippen LogP contribution in [0.15, 0.2) is 71.6 Å². The molecule has 1 saturated heterocycles. The van der Waals surface area contributed by atoms with Crippen LogP contribution in [-0.4, -0.2) is 28.1 Å². The molecule has 0 aliphatic carbocycles. The van der Waals surface area contributed by atoms with Crippen LogP contribution in [0.5, 0.6) is 11.5 Å². The number of imide groups is 1. The molecular formula is C26H22N2O6S. The van der Waals surface area contributed by atoms with Crippen LogP contribution in [0, 0.1) is 17.0 Å². The second-order valence-corrected chi connectivity index (χ2v) is 8.87. The molecule has 3 aromatic carbocycles. The van der Waals surface area contributed by atoms with E-state index in [-0.39, 0.29) is 17.1 Å². The number of nitro groups is 1. The van der Waals surface area contributed by atoms with Crippen molar-refractivity contribution in [3.8, 4) is 11.5 Å². The minimum Gasteiger partial charge on any atom is -0.493 e. The lowest BCUT2D eigenvalue weighted by Crippen LogP contribution is -2.27. The highest BCUT2D eigenvalue weighted by molar-refractivity contribution is 8.18. The molecule has 0 spiro atoms. The van der Waals surface area contributed by atoms with Crippen LogP contribution in [0.2, 0.25) is 0 Å². The largest absolute Gasteiger partial charge is 0.493 e. The van der Waals surface area contributed by atoms with Crippen molar-refractivity contribution >= 4 is 34.7 Å². The molecule has 178 valence electrons. The number of carbonyl (C=O) groups excluding carboxylic acids is 2. The Morgan fingerprint density at radius 2 is 1.66 bits per heavy atom. The van der Waals surface area contributed by atoms with Gasteiger partial charge in [-0.3, -0.25) is 24.6 Å². The van der Waals surface area contributed by atoms with Crippen LogP contribution in [0.25, 0.3) is 6.08 Å². The van der Waals surface area contributed by atoms with Crippen molar-refractivity contribution in [3.63, 3.8) is 0 Å². The molecule has 0 radical (unpaired) electrons. The van der Waals surface area contributed by atoms with E-state index < -0.39 is 16.1 Å². The minimum atomic E-state index is -0.500. The second-order valence-electron chi connectivity index (χ2n) is 7.88. The number of hydrogen-bond donors (Lipinski definition) is 0. The predicted molar refractivity (Wildman–Crippen MR) is 133 cm³/mol. The number of ether oxygens (including phenoxy) is 2. The number of nitro benzene ring substituents is 1. The average Bonchev–Trinajstić information content (AvgIpc) is 3.11. The summed E-state index contributed by atoms with van der Waals surface area (Å²) in [6.07, 6.45) is 1.63. The Bertz CT molecular complexity index is 1300. The number of rotatable bonds is 8. The van der Waals surface area contributed by atoms with Gasteiger partial charge < -0.3 is 9.47 Å². The number of carbonyl (C=O) groups is 2. The molecule has 0 bridgehead atoms. The topological polar surface area (TPSA) is 99.0 Å². The molecular weight excluding hydrogens is 468 g/mol. The summed E-state index contributed by atoms with van der Waals surface area (Å²) in [6, 6.07) is 19.1. The van der Waals surface area contributed by atoms with Crippen molar-refractivity contribution < 1.29 is 24.0 Å². The zero-order chi connectivity index (χ0) is 24.9. The number of non-ortho nitro benzene ring substituents is 1. The van der Waals surface area contributed by atoms with E-state index in [1.54, 1.807) is 24.3 Å². The molecule has 1 heterocycles. The van der Waals surface area contributed by atoms with Gasteiger partial charge in [0.2, 0.25) is 0 Å². The number of benzene rings is 3. The first kappa shape index (κ1) is 24.0. The first-order chi connectivity index (χ1) is 16.8. The Morgan fingerprint density at radius 3 is 2.31 bits per heavy atom. The molecule has 9 heteroatoms. The highest BCUT2D eigenvalue weighted by Crippen LogP contribution is 2.35. The normalized spacial score (nSPS) is 14.5. The molecule has 3 aromatic rings. The molecule has 8 nitrogen and oxygen atoms in total. The van der Waals surface area contributed by atoms with Gasteiger partial charge in [0.25, 0.3) is 16.8 Å². The third-order valence-corrected chi connectivity index (χ3v) is 6.27. The minimum absolute atomic E-state index is 0.0368. The van der Waals surface area contributed by atoms with Crippen molar-refractivity contribution in [1.82, 2.24) is 4.90 Å². The molecule has 0 unspecified atom stereocenters. The lowest BCUT2D eigenvalue weighted by atomic mass is 10.1. The Balaban J connectivity index is 1.46. The monoisotopic (exact) mass is 490 g/mol. The number of thioether (sulfide) groups is 1. The van der Waals surface area contributed by atoms with Gasteiger partial charge in [-0.05, 0) is 53.6 Å². The molecule has 1 aliphatic rings. The highest BCUT2D eigenvalue weighted by atomic mass is 32.2. The molecule has 2 amide bonds. The summed E-state index contributed by atoms with van der Waals surface area (Å²) < 4.78 is 11.4. The quantitative estimate of drug-likeness (QED) is 0.226. The van der Waals surface area contributed by atoms with Crippen molar-refractivity contribution in [3.05, 3.63) is 104 Å². The lowest BCUT2D eigenvalue weighted by Gasteiger charge is -2.12. The number of nitrogens with zero attached hydrogens (tertiary/aromatic N) is 2. The van der Waals surface area contributed by atoms with Gasteiger partial charge in [0.1, 0.15) is 6.61 Å². The second kappa shape index (κ2) is 10.4. The summed E-state index contributed by atoms with van der Waals surface area (Å²) in [5, 5.41) is 10.4. The highest BCUT2D eigenvalue weighted by Gasteiger charge is 2.35. The third kappa shape index (κ3) is 5.70. The maximum Gasteiger partial charge on any atom is 0.293 e. The van der Waals surface area contributed by atoms with E-state index in [1.165, 1.54) is 36.9 Å². The molecule has 4 rings (SSSR count). The summed E-state index contributed by atoms with van der Waals surface area (Å²) in [5.74, 6) is 0.657. The van der Waals surface area contributed by atoms with Gasteiger partial charge in [0, 0.05) is 12.1 Å². The van der Waals surface area contributed by atoms with E-state index in [4.69, 9.17) is 9.47 Å². The van der Waals surface area contributed by atoms with Crippen molar-refractivity contribution in [2.45, 2.75) is 20.1 Å². The van der Waals surface area contributed by atoms with E-state index in [0.717, 1.165) is 22.2 Å². The number of hydrogen-bond acceptors (Lipinski definition) is 7. The summed E-state index contributed by atoms with van der Waals surface area (Å²) in [4.78, 5) is 37.0. The zero-order valence-corrected chi connectivity index (χ0v) is 19.9. The van der Waals surface area contributed by atoms with Gasteiger partial charge in [0.15, 0.2) is 11.5 Å². The Kier molecular flexibility index (Phi) is 7.17. The van der Waals surface area contributed by atoms with Crippen molar-refractivity contribution in [2.75, 3.05) is 7.11 Å². The summed E-state index contributed by atoms with van der Waals surface area (Å²) in [7, 11) is 1.54. The van der Waals surface area contributed by atoms with Gasteiger partial charge >= 0.3 is 0 Å². The maximum atomic E-state index is 12.9. The van der Waals surface area contributed by atoms with E-state index in [1.807, 2.05) is 31.2 Å². The van der Waals surface area contributed by atoms with Crippen LogP contribution in [0.4, 0.5) is 10.5 Å². The summed E-state index contributed by atoms with van der Waals surface area (Å²) in [5.41, 5.74) is 3.46. The molecule has 0 saturated carbocycles. The summed E-state index contributed by atoms with van der Waals surface area (Å²) >= 11 is 0.848. The number of methoxy groups -OCH3 is 1. The third-order valence-electron chi connectivity index (χ3n) is 5.36. The first-order valence-electron chi connectivity index (χ1n) is 10.7. The molecule has 1 fully saturated rings. The number of aryl methyl sites for hydroxylation is 1. The Labute approximate surface area is 206 Å². The van der Waals surface area contributed by atoms with Crippen LogP contribution >= 0.6 is 11.8 Å². The Morgan fingerprint density at radius 1 is 0.971 bits per heavy atom. The SMILES string of the molecule is COc1cc(/C=C2/SC(=O)N(Cc3ccc([N+](=O)[O-])cc3)C2=O)ccc1OCc1ccc(C)cc1. The zero-order valence-electron chi connectivity index (χ0n) is 19.1. The van der Waals surface area contributed by atoms with Gasteiger partial charge in [-0.1, -0.05) is 48.0 Å². The molecule has 0 N–H and O–H groups in total. The van der Waals surface area contributed by atoms with Crippen LogP contribution in [0.3, 0.4) is 0 Å². The van der Waals surface area contributed by atoms with Gasteiger partial charge in [0.05, 0.1) is 23.5 Å². The average molecular weight is 491 g/mol. The molecule has 35 heavy (non-hydrogen) atoms. The van der Waals surface area contributed by atoms with Crippen LogP contribution < -0.4 is 9.47 Å². The predicted octanol–water partition coefficient (Wildman–Crippen LogP) is 5.73. The first-order valence-corrected chi connectivity index (χ1v) is 11.5. The van der Waals surface area contributed by atoms with Crippen molar-refractivity contribution in [2.24, 2.45) is 0 Å². The van der Waals surface area contributed by atoms with Crippen LogP contribution in [0.1, 0.15) is 22.3 Å². The fraction of sp³-hybridized carbons (Fsp3) is 0.154. The van der Waals surface area contributed by atoms with E-state index in [0.29, 0.717) is 29.2 Å². The molecule has 0 atom stereocenters. The summed E-state index contributed by atoms with van der Waals surface area (Å²) in [6.45, 7) is 2.45. The van der Waals surface area contributed by atoms with E-state index in [9.17, 15) is 19.7 Å². The smallest absolute Gasteiger partial charge is 0.293 e.